The zero-order chi connectivity index (χ0) is 28.9. The van der Waals surface area contributed by atoms with Gasteiger partial charge in [0.05, 0.1) is 11.5 Å². The van der Waals surface area contributed by atoms with Crippen LogP contribution in [0.1, 0.15) is 48.4 Å². The third-order valence-corrected chi connectivity index (χ3v) is 6.07. The zero-order valence-electron chi connectivity index (χ0n) is 22.8. The van der Waals surface area contributed by atoms with Gasteiger partial charge in [0.1, 0.15) is 17.2 Å². The number of aromatic nitrogens is 2. The molecule has 0 aliphatic carbocycles. The molecule has 1 heterocycles. The molecule has 1 unspecified atom stereocenters. The first-order valence-corrected chi connectivity index (χ1v) is 12.7. The van der Waals surface area contributed by atoms with E-state index in [1.165, 1.54) is 17.3 Å². The van der Waals surface area contributed by atoms with Crippen LogP contribution in [0.2, 0.25) is 0 Å². The van der Waals surface area contributed by atoms with Crippen molar-refractivity contribution in [3.05, 3.63) is 108 Å². The van der Waals surface area contributed by atoms with E-state index in [-0.39, 0.29) is 12.4 Å². The quantitative estimate of drug-likeness (QED) is 0.216. The van der Waals surface area contributed by atoms with Crippen LogP contribution in [-0.2, 0) is 4.74 Å². The molecule has 0 aliphatic heterocycles. The van der Waals surface area contributed by atoms with Crippen molar-refractivity contribution >= 4 is 18.2 Å². The highest BCUT2D eigenvalue weighted by Crippen LogP contribution is 2.28. The van der Waals surface area contributed by atoms with Crippen LogP contribution in [0, 0.1) is 0 Å². The SMILES string of the molecule is CN(CC(c1ccc(OC(=O)c2ccc(-c3ccccc3)cc2)cc1)c1nccn1C(=O)O)C(=O)OC(C)(C)C. The largest absolute Gasteiger partial charge is 0.464 e. The van der Waals surface area contributed by atoms with Gasteiger partial charge in [0.15, 0.2) is 0 Å². The first-order chi connectivity index (χ1) is 19.0. The molecule has 9 heteroatoms. The molecule has 1 aromatic heterocycles. The van der Waals surface area contributed by atoms with Gasteiger partial charge in [0.2, 0.25) is 0 Å². The van der Waals surface area contributed by atoms with Gasteiger partial charge in [-0.2, -0.15) is 0 Å². The summed E-state index contributed by atoms with van der Waals surface area (Å²) < 4.78 is 12.0. The first-order valence-electron chi connectivity index (χ1n) is 12.7. The van der Waals surface area contributed by atoms with Crippen LogP contribution in [0.15, 0.2) is 91.3 Å². The van der Waals surface area contributed by atoms with Crippen molar-refractivity contribution in [1.82, 2.24) is 14.5 Å². The van der Waals surface area contributed by atoms with Crippen LogP contribution < -0.4 is 4.74 Å². The number of esters is 1. The second kappa shape index (κ2) is 11.9. The minimum atomic E-state index is -1.19. The molecule has 0 spiro atoms. The van der Waals surface area contributed by atoms with Gasteiger partial charge in [-0.25, -0.2) is 23.9 Å². The van der Waals surface area contributed by atoms with E-state index in [1.807, 2.05) is 42.5 Å². The number of amides is 1. The van der Waals surface area contributed by atoms with E-state index in [4.69, 9.17) is 9.47 Å². The first kappa shape index (κ1) is 28.1. The molecular weight excluding hydrogens is 510 g/mol. The van der Waals surface area contributed by atoms with Crippen LogP contribution >= 0.6 is 0 Å². The van der Waals surface area contributed by atoms with Crippen molar-refractivity contribution in [3.8, 4) is 16.9 Å². The minimum absolute atomic E-state index is 0.103. The molecule has 0 bridgehead atoms. The monoisotopic (exact) mass is 541 g/mol. The molecule has 0 radical (unpaired) electrons. The van der Waals surface area contributed by atoms with E-state index in [0.717, 1.165) is 15.7 Å². The Bertz CT molecular complexity index is 1470. The number of carbonyl (C=O) groups is 3. The number of carboxylic acid groups (broad SMARTS) is 1. The summed E-state index contributed by atoms with van der Waals surface area (Å²) in [7, 11) is 1.58. The maximum absolute atomic E-state index is 12.8. The fourth-order valence-electron chi connectivity index (χ4n) is 4.12. The average Bonchev–Trinajstić information content (AvgIpc) is 3.42. The van der Waals surface area contributed by atoms with Crippen LogP contribution in [0.5, 0.6) is 5.75 Å². The molecule has 4 aromatic rings. The van der Waals surface area contributed by atoms with Gasteiger partial charge in [-0.05, 0) is 61.7 Å². The van der Waals surface area contributed by atoms with E-state index in [1.54, 1.807) is 64.2 Å². The minimum Gasteiger partial charge on any atom is -0.464 e. The van der Waals surface area contributed by atoms with Crippen molar-refractivity contribution in [1.29, 1.82) is 0 Å². The van der Waals surface area contributed by atoms with Crippen LogP contribution in [0.25, 0.3) is 11.1 Å². The van der Waals surface area contributed by atoms with Gasteiger partial charge in [-0.3, -0.25) is 0 Å². The normalized spacial score (nSPS) is 11.9. The lowest BCUT2D eigenvalue weighted by Gasteiger charge is -2.27. The topological polar surface area (TPSA) is 111 Å². The highest BCUT2D eigenvalue weighted by molar-refractivity contribution is 5.91. The average molecular weight is 542 g/mol. The second-order valence-electron chi connectivity index (χ2n) is 10.3. The molecule has 1 N–H and O–H groups in total. The number of nitrogens with zero attached hydrogens (tertiary/aromatic N) is 3. The summed E-state index contributed by atoms with van der Waals surface area (Å²) in [4.78, 5) is 42.8. The predicted molar refractivity (Wildman–Crippen MR) is 150 cm³/mol. The highest BCUT2D eigenvalue weighted by atomic mass is 16.6. The summed E-state index contributed by atoms with van der Waals surface area (Å²) in [6, 6.07) is 23.7. The Morgan fingerprint density at radius 2 is 1.55 bits per heavy atom. The van der Waals surface area contributed by atoms with Gasteiger partial charge >= 0.3 is 18.2 Å². The number of rotatable bonds is 7. The number of carbonyl (C=O) groups excluding carboxylic acids is 2. The number of hydrogen-bond donors (Lipinski definition) is 1. The Balaban J connectivity index is 1.52. The summed E-state index contributed by atoms with van der Waals surface area (Å²) in [5.74, 6) is -0.540. The van der Waals surface area contributed by atoms with Crippen molar-refractivity contribution in [2.24, 2.45) is 0 Å². The van der Waals surface area contributed by atoms with E-state index < -0.39 is 29.7 Å². The summed E-state index contributed by atoms with van der Waals surface area (Å²) in [6.45, 7) is 5.41. The Kier molecular flexibility index (Phi) is 8.33. The molecule has 206 valence electrons. The van der Waals surface area contributed by atoms with Crippen molar-refractivity contribution in [2.45, 2.75) is 32.3 Å². The molecule has 4 rings (SSSR count). The number of hydrogen-bond acceptors (Lipinski definition) is 6. The summed E-state index contributed by atoms with van der Waals surface area (Å²) >= 11 is 0. The van der Waals surface area contributed by atoms with E-state index >= 15 is 0 Å². The van der Waals surface area contributed by atoms with E-state index in [9.17, 15) is 19.5 Å². The van der Waals surface area contributed by atoms with Crippen LogP contribution in [0.4, 0.5) is 9.59 Å². The lowest BCUT2D eigenvalue weighted by Crippen LogP contribution is -2.37. The fourth-order valence-corrected chi connectivity index (χ4v) is 4.12. The lowest BCUT2D eigenvalue weighted by atomic mass is 9.97. The molecule has 1 amide bonds. The highest BCUT2D eigenvalue weighted by Gasteiger charge is 2.27. The van der Waals surface area contributed by atoms with Crippen molar-refractivity contribution in [3.63, 3.8) is 0 Å². The summed E-state index contributed by atoms with van der Waals surface area (Å²) in [5, 5.41) is 9.64. The third-order valence-electron chi connectivity index (χ3n) is 6.07. The molecule has 3 aromatic carbocycles. The number of imidazole rings is 1. The van der Waals surface area contributed by atoms with E-state index in [0.29, 0.717) is 16.9 Å². The number of likely N-dealkylation sites (N-methyl/N-ethyl adjacent to an activating group) is 1. The van der Waals surface area contributed by atoms with Crippen molar-refractivity contribution in [2.75, 3.05) is 13.6 Å². The molecular formula is C31H31N3O6. The number of ether oxygens (including phenoxy) is 2. The van der Waals surface area contributed by atoms with Crippen LogP contribution in [0.3, 0.4) is 0 Å². The zero-order valence-corrected chi connectivity index (χ0v) is 22.8. The lowest BCUT2D eigenvalue weighted by molar-refractivity contribution is 0.0292. The summed E-state index contributed by atoms with van der Waals surface area (Å²) in [6.07, 6.45) is 0.997. The third kappa shape index (κ3) is 6.93. The second-order valence-corrected chi connectivity index (χ2v) is 10.3. The standard InChI is InChI=1S/C31H31N3O6/c1-31(2,3)40-30(38)33(4)20-26(27-32-18-19-34(27)29(36)37)23-14-16-25(17-15-23)39-28(35)24-12-10-22(11-13-24)21-8-6-5-7-9-21/h5-19,26H,20H2,1-4H3,(H,36,37). The molecule has 1 atom stereocenters. The van der Waals surface area contributed by atoms with Gasteiger partial charge in [0.25, 0.3) is 0 Å². The Labute approximate surface area is 232 Å². The number of benzene rings is 3. The molecule has 0 saturated heterocycles. The van der Waals surface area contributed by atoms with Gasteiger partial charge in [-0.15, -0.1) is 0 Å². The molecule has 0 aliphatic rings. The maximum Gasteiger partial charge on any atom is 0.417 e. The van der Waals surface area contributed by atoms with E-state index in [2.05, 4.69) is 4.98 Å². The van der Waals surface area contributed by atoms with Gasteiger partial charge in [0, 0.05) is 26.0 Å². The van der Waals surface area contributed by atoms with Gasteiger partial charge < -0.3 is 19.5 Å². The molecule has 0 saturated carbocycles. The predicted octanol–water partition coefficient (Wildman–Crippen LogP) is 6.29. The van der Waals surface area contributed by atoms with Crippen molar-refractivity contribution < 1.29 is 29.0 Å². The molecule has 0 fully saturated rings. The smallest absolute Gasteiger partial charge is 0.417 e. The Morgan fingerprint density at radius 3 is 2.15 bits per heavy atom. The maximum atomic E-state index is 12.8. The fraction of sp³-hybridized carbons (Fsp3) is 0.226. The van der Waals surface area contributed by atoms with Crippen LogP contribution in [-0.4, -0.2) is 56.9 Å². The molecule has 40 heavy (non-hydrogen) atoms. The van der Waals surface area contributed by atoms with Gasteiger partial charge in [-0.1, -0.05) is 54.6 Å². The Morgan fingerprint density at radius 1 is 0.925 bits per heavy atom. The summed E-state index contributed by atoms with van der Waals surface area (Å²) in [5.41, 5.74) is 2.44. The Hall–Kier alpha value is -4.92. The molecule has 9 nitrogen and oxygen atoms in total.